The molecule has 1 fully saturated rings. The minimum Gasteiger partial charge on any atom is -0.336 e. The van der Waals surface area contributed by atoms with Crippen molar-refractivity contribution in [3.05, 3.63) is 0 Å². The van der Waals surface area contributed by atoms with E-state index in [9.17, 15) is 9.59 Å². The Balaban J connectivity index is 2.57. The molecule has 12 heavy (non-hydrogen) atoms. The van der Waals surface area contributed by atoms with Crippen molar-refractivity contribution in [1.82, 2.24) is 10.2 Å². The van der Waals surface area contributed by atoms with Gasteiger partial charge in [0.1, 0.15) is 0 Å². The lowest BCUT2D eigenvalue weighted by Crippen LogP contribution is -2.38. The van der Waals surface area contributed by atoms with Crippen molar-refractivity contribution in [2.24, 2.45) is 0 Å². The van der Waals surface area contributed by atoms with Crippen LogP contribution in [0.15, 0.2) is 0 Å². The van der Waals surface area contributed by atoms with E-state index in [-0.39, 0.29) is 16.8 Å². The zero-order valence-electron chi connectivity index (χ0n) is 6.84. The van der Waals surface area contributed by atoms with E-state index in [1.807, 2.05) is 6.92 Å². The number of nitrogens with zero attached hydrogens (tertiary/aromatic N) is 1. The van der Waals surface area contributed by atoms with E-state index in [1.165, 1.54) is 4.90 Å². The van der Waals surface area contributed by atoms with E-state index in [2.05, 4.69) is 21.2 Å². The summed E-state index contributed by atoms with van der Waals surface area (Å²) in [7, 11) is 0. The van der Waals surface area contributed by atoms with Crippen LogP contribution in [0.5, 0.6) is 0 Å². The fourth-order valence-corrected chi connectivity index (χ4v) is 1.27. The number of rotatable bonds is 2. The van der Waals surface area contributed by atoms with Gasteiger partial charge in [0, 0.05) is 13.1 Å². The van der Waals surface area contributed by atoms with Gasteiger partial charge in [-0.05, 0) is 6.42 Å². The molecule has 1 aliphatic rings. The van der Waals surface area contributed by atoms with Crippen molar-refractivity contribution in [2.45, 2.75) is 18.2 Å². The molecule has 0 bridgehead atoms. The minimum absolute atomic E-state index is 0.146. The zero-order valence-corrected chi connectivity index (χ0v) is 8.43. The summed E-state index contributed by atoms with van der Waals surface area (Å²) in [6, 6.07) is -0.280. The number of alkyl halides is 1. The van der Waals surface area contributed by atoms with E-state index >= 15 is 0 Å². The summed E-state index contributed by atoms with van der Waals surface area (Å²) in [5, 5.41) is 2.57. The molecule has 1 heterocycles. The van der Waals surface area contributed by atoms with Crippen LogP contribution < -0.4 is 5.32 Å². The molecular formula is C7H11BrN2O2. The number of amides is 3. The molecule has 1 atom stereocenters. The maximum Gasteiger partial charge on any atom is 0.324 e. The van der Waals surface area contributed by atoms with Crippen LogP contribution in [-0.4, -0.2) is 34.8 Å². The van der Waals surface area contributed by atoms with Gasteiger partial charge in [-0.3, -0.25) is 9.69 Å². The van der Waals surface area contributed by atoms with E-state index in [0.717, 1.165) is 0 Å². The van der Waals surface area contributed by atoms with Crippen molar-refractivity contribution in [3.63, 3.8) is 0 Å². The molecule has 1 saturated heterocycles. The Labute approximate surface area is 79.4 Å². The monoisotopic (exact) mass is 234 g/mol. The third-order valence-electron chi connectivity index (χ3n) is 1.75. The smallest absolute Gasteiger partial charge is 0.324 e. The van der Waals surface area contributed by atoms with E-state index in [1.54, 1.807) is 0 Å². The molecule has 1 N–H and O–H groups in total. The van der Waals surface area contributed by atoms with Crippen LogP contribution in [-0.2, 0) is 4.79 Å². The highest BCUT2D eigenvalue weighted by Crippen LogP contribution is 2.10. The number of carbonyl (C=O) groups is 2. The Morgan fingerprint density at radius 1 is 1.83 bits per heavy atom. The summed E-state index contributed by atoms with van der Waals surface area (Å²) < 4.78 is 0. The first-order valence-corrected chi connectivity index (χ1v) is 4.81. The van der Waals surface area contributed by atoms with Crippen molar-refractivity contribution in [1.29, 1.82) is 0 Å². The average molecular weight is 235 g/mol. The summed E-state index contributed by atoms with van der Waals surface area (Å²) in [6.45, 7) is 2.94. The molecule has 0 radical (unpaired) electrons. The highest BCUT2D eigenvalue weighted by Gasteiger charge is 2.29. The standard InChI is InChI=1S/C7H11BrN2O2/c1-2-5(8)6(11)10-4-3-9-7(10)12/h5H,2-4H2,1H3,(H,9,12). The highest BCUT2D eigenvalue weighted by atomic mass is 79.9. The quantitative estimate of drug-likeness (QED) is 0.716. The lowest BCUT2D eigenvalue weighted by atomic mass is 10.3. The van der Waals surface area contributed by atoms with Crippen LogP contribution in [0.25, 0.3) is 0 Å². The summed E-state index contributed by atoms with van der Waals surface area (Å²) in [4.78, 5) is 23.4. The van der Waals surface area contributed by atoms with Crippen LogP contribution in [0.1, 0.15) is 13.3 Å². The summed E-state index contributed by atoms with van der Waals surface area (Å²) in [5.41, 5.74) is 0. The Kier molecular flexibility index (Phi) is 3.08. The number of urea groups is 1. The molecule has 68 valence electrons. The molecular weight excluding hydrogens is 224 g/mol. The SMILES string of the molecule is CCC(Br)C(=O)N1CCNC1=O. The van der Waals surface area contributed by atoms with Gasteiger partial charge in [-0.15, -0.1) is 0 Å². The second-order valence-corrected chi connectivity index (χ2v) is 3.70. The fourth-order valence-electron chi connectivity index (χ4n) is 1.03. The number of nitrogens with one attached hydrogen (secondary N) is 1. The Bertz CT molecular complexity index is 208. The first kappa shape index (κ1) is 9.51. The highest BCUT2D eigenvalue weighted by molar-refractivity contribution is 9.10. The molecule has 0 spiro atoms. The molecule has 0 aromatic heterocycles. The molecule has 0 aromatic rings. The van der Waals surface area contributed by atoms with Crippen LogP contribution in [0.2, 0.25) is 0 Å². The first-order chi connectivity index (χ1) is 5.66. The van der Waals surface area contributed by atoms with Crippen molar-refractivity contribution < 1.29 is 9.59 Å². The van der Waals surface area contributed by atoms with E-state index in [4.69, 9.17) is 0 Å². The molecule has 5 heteroatoms. The van der Waals surface area contributed by atoms with Gasteiger partial charge >= 0.3 is 6.03 Å². The first-order valence-electron chi connectivity index (χ1n) is 3.90. The molecule has 0 saturated carbocycles. The minimum atomic E-state index is -0.280. The van der Waals surface area contributed by atoms with Gasteiger partial charge in [0.15, 0.2) is 0 Å². The van der Waals surface area contributed by atoms with Crippen molar-refractivity contribution >= 4 is 27.9 Å². The number of imide groups is 1. The van der Waals surface area contributed by atoms with E-state index in [0.29, 0.717) is 19.5 Å². The number of hydrogen-bond acceptors (Lipinski definition) is 2. The average Bonchev–Trinajstić information content (AvgIpc) is 2.48. The molecule has 0 aromatic carbocycles. The molecule has 0 aliphatic carbocycles. The topological polar surface area (TPSA) is 49.4 Å². The predicted molar refractivity (Wildman–Crippen MR) is 48.1 cm³/mol. The largest absolute Gasteiger partial charge is 0.336 e. The van der Waals surface area contributed by atoms with Gasteiger partial charge in [0.2, 0.25) is 5.91 Å². The number of halogens is 1. The Hall–Kier alpha value is -0.580. The second-order valence-electron chi connectivity index (χ2n) is 2.60. The maximum absolute atomic E-state index is 11.4. The molecule has 3 amide bonds. The van der Waals surface area contributed by atoms with Crippen molar-refractivity contribution in [2.75, 3.05) is 13.1 Å². The van der Waals surface area contributed by atoms with Gasteiger partial charge in [0.25, 0.3) is 0 Å². The summed E-state index contributed by atoms with van der Waals surface area (Å²) in [6.07, 6.45) is 0.697. The molecule has 4 nitrogen and oxygen atoms in total. The van der Waals surface area contributed by atoms with Crippen LogP contribution >= 0.6 is 15.9 Å². The Morgan fingerprint density at radius 2 is 2.50 bits per heavy atom. The maximum atomic E-state index is 11.4. The van der Waals surface area contributed by atoms with Gasteiger partial charge in [-0.25, -0.2) is 4.79 Å². The molecule has 1 unspecified atom stereocenters. The zero-order chi connectivity index (χ0) is 9.14. The van der Waals surface area contributed by atoms with Gasteiger partial charge < -0.3 is 5.32 Å². The summed E-state index contributed by atoms with van der Waals surface area (Å²) in [5.74, 6) is -0.146. The van der Waals surface area contributed by atoms with Crippen LogP contribution in [0, 0.1) is 0 Å². The summed E-state index contributed by atoms with van der Waals surface area (Å²) >= 11 is 3.21. The fraction of sp³-hybridized carbons (Fsp3) is 0.714. The third-order valence-corrected chi connectivity index (χ3v) is 2.79. The molecule has 1 rings (SSSR count). The van der Waals surface area contributed by atoms with Crippen LogP contribution in [0.4, 0.5) is 4.79 Å². The number of hydrogen-bond donors (Lipinski definition) is 1. The second kappa shape index (κ2) is 3.89. The predicted octanol–water partition coefficient (Wildman–Crippen LogP) is 0.712. The molecule has 1 aliphatic heterocycles. The normalized spacial score (nSPS) is 19.2. The Morgan fingerprint density at radius 3 is 2.92 bits per heavy atom. The van der Waals surface area contributed by atoms with E-state index < -0.39 is 0 Å². The third kappa shape index (κ3) is 1.77. The van der Waals surface area contributed by atoms with Gasteiger partial charge in [-0.1, -0.05) is 22.9 Å². The van der Waals surface area contributed by atoms with Crippen LogP contribution in [0.3, 0.4) is 0 Å². The lowest BCUT2D eigenvalue weighted by Gasteiger charge is -2.14. The van der Waals surface area contributed by atoms with Crippen molar-refractivity contribution in [3.8, 4) is 0 Å². The van der Waals surface area contributed by atoms with Gasteiger partial charge in [0.05, 0.1) is 4.83 Å². The lowest BCUT2D eigenvalue weighted by molar-refractivity contribution is -0.126. The van der Waals surface area contributed by atoms with Gasteiger partial charge in [-0.2, -0.15) is 0 Å². The number of carbonyl (C=O) groups excluding carboxylic acids is 2.